The SMILES string of the molecule is N=N/N=C\[NH2+]c1ccc(Cl)cc1/C=C/C(=O)O. The van der Waals surface area contributed by atoms with E-state index in [2.05, 4.69) is 10.3 Å². The Kier molecular flexibility index (Phi) is 4.99. The molecule has 0 bridgehead atoms. The van der Waals surface area contributed by atoms with E-state index in [-0.39, 0.29) is 0 Å². The predicted octanol–water partition coefficient (Wildman–Crippen LogP) is 1.61. The summed E-state index contributed by atoms with van der Waals surface area (Å²) < 4.78 is 0. The van der Waals surface area contributed by atoms with E-state index in [1.807, 2.05) is 0 Å². The van der Waals surface area contributed by atoms with Crippen LogP contribution in [-0.2, 0) is 4.79 Å². The van der Waals surface area contributed by atoms with Crippen LogP contribution in [0.5, 0.6) is 0 Å². The molecule has 0 aliphatic rings. The number of carboxylic acid groups (broad SMARTS) is 1. The fourth-order valence-electron chi connectivity index (χ4n) is 1.15. The van der Waals surface area contributed by atoms with Gasteiger partial charge in [0.1, 0.15) is 5.69 Å². The number of hydrogen-bond donors (Lipinski definition) is 3. The highest BCUT2D eigenvalue weighted by molar-refractivity contribution is 6.30. The van der Waals surface area contributed by atoms with E-state index in [1.165, 1.54) is 12.4 Å². The standard InChI is InChI=1S/C10H9ClN4O2/c11-8-2-3-9(13-6-14-15-12)7(5-8)1-4-10(16)17/h1-6H,(H,16,17)(H2,12,13,14)/p+1/b4-1+. The van der Waals surface area contributed by atoms with Crippen molar-refractivity contribution in [3.63, 3.8) is 0 Å². The zero-order valence-electron chi connectivity index (χ0n) is 8.67. The maximum atomic E-state index is 10.4. The highest BCUT2D eigenvalue weighted by Gasteiger charge is 2.04. The number of carbonyl (C=O) groups is 1. The number of benzene rings is 1. The molecule has 0 unspecified atom stereocenters. The molecule has 6 nitrogen and oxygen atoms in total. The van der Waals surface area contributed by atoms with Crippen LogP contribution in [-0.4, -0.2) is 17.4 Å². The maximum absolute atomic E-state index is 10.4. The summed E-state index contributed by atoms with van der Waals surface area (Å²) in [6, 6.07) is 5.04. The van der Waals surface area contributed by atoms with Crippen LogP contribution in [0.2, 0.25) is 5.02 Å². The van der Waals surface area contributed by atoms with E-state index in [0.29, 0.717) is 10.6 Å². The zero-order valence-corrected chi connectivity index (χ0v) is 9.43. The zero-order chi connectivity index (χ0) is 12.7. The molecular formula is C10H10ClN4O2+. The highest BCUT2D eigenvalue weighted by atomic mass is 35.5. The molecule has 1 aromatic rings. The van der Waals surface area contributed by atoms with Gasteiger partial charge in [-0.1, -0.05) is 16.7 Å². The van der Waals surface area contributed by atoms with E-state index in [9.17, 15) is 4.79 Å². The van der Waals surface area contributed by atoms with Gasteiger partial charge in [-0.3, -0.25) is 5.32 Å². The van der Waals surface area contributed by atoms with Gasteiger partial charge < -0.3 is 5.11 Å². The second-order valence-electron chi connectivity index (χ2n) is 2.98. The Bertz CT molecular complexity index is 485. The van der Waals surface area contributed by atoms with Crippen molar-refractivity contribution >= 4 is 35.7 Å². The molecule has 0 aliphatic heterocycles. The first-order chi connectivity index (χ1) is 8.13. The number of nitrogens with one attached hydrogen (secondary N) is 1. The summed E-state index contributed by atoms with van der Waals surface area (Å²) in [5.41, 5.74) is 7.87. The van der Waals surface area contributed by atoms with E-state index in [4.69, 9.17) is 22.2 Å². The van der Waals surface area contributed by atoms with Crippen LogP contribution in [0, 0.1) is 5.53 Å². The Balaban J connectivity index is 2.98. The van der Waals surface area contributed by atoms with Gasteiger partial charge in [-0.15, -0.1) is 0 Å². The fourth-order valence-corrected chi connectivity index (χ4v) is 1.33. The molecule has 0 fully saturated rings. The number of halogens is 1. The van der Waals surface area contributed by atoms with E-state index in [0.717, 1.165) is 11.8 Å². The molecule has 0 atom stereocenters. The first-order valence-electron chi connectivity index (χ1n) is 4.57. The van der Waals surface area contributed by atoms with Crippen LogP contribution in [0.3, 0.4) is 0 Å². The van der Waals surface area contributed by atoms with Crippen LogP contribution < -0.4 is 5.32 Å². The third-order valence-electron chi connectivity index (χ3n) is 1.83. The van der Waals surface area contributed by atoms with Gasteiger partial charge in [0, 0.05) is 22.7 Å². The van der Waals surface area contributed by atoms with Crippen molar-refractivity contribution in [2.45, 2.75) is 0 Å². The van der Waals surface area contributed by atoms with Gasteiger partial charge in [0.25, 0.3) is 0 Å². The van der Waals surface area contributed by atoms with Crippen LogP contribution in [0.1, 0.15) is 5.56 Å². The van der Waals surface area contributed by atoms with Gasteiger partial charge in [-0.2, -0.15) is 5.53 Å². The first kappa shape index (κ1) is 13.0. The summed E-state index contributed by atoms with van der Waals surface area (Å²) in [7, 11) is 0. The third kappa shape index (κ3) is 4.54. The van der Waals surface area contributed by atoms with Crippen molar-refractivity contribution in [2.75, 3.05) is 0 Å². The molecule has 0 saturated heterocycles. The summed E-state index contributed by atoms with van der Waals surface area (Å²) in [5, 5.41) is 16.9. The van der Waals surface area contributed by atoms with Gasteiger partial charge in [-0.25, -0.2) is 4.79 Å². The Labute approximate surface area is 102 Å². The molecule has 0 spiro atoms. The van der Waals surface area contributed by atoms with Crippen LogP contribution in [0.25, 0.3) is 6.08 Å². The lowest BCUT2D eigenvalue weighted by atomic mass is 10.1. The van der Waals surface area contributed by atoms with Crippen LogP contribution >= 0.6 is 11.6 Å². The summed E-state index contributed by atoms with van der Waals surface area (Å²) >= 11 is 5.82. The first-order valence-corrected chi connectivity index (χ1v) is 4.95. The van der Waals surface area contributed by atoms with Crippen molar-refractivity contribution in [1.29, 1.82) is 5.53 Å². The summed E-state index contributed by atoms with van der Waals surface area (Å²) in [4.78, 5) is 10.4. The monoisotopic (exact) mass is 253 g/mol. The van der Waals surface area contributed by atoms with E-state index >= 15 is 0 Å². The van der Waals surface area contributed by atoms with Crippen molar-refractivity contribution < 1.29 is 15.2 Å². The normalized spacial score (nSPS) is 11.1. The van der Waals surface area contributed by atoms with E-state index in [1.54, 1.807) is 23.5 Å². The van der Waals surface area contributed by atoms with Gasteiger partial charge in [0.15, 0.2) is 0 Å². The minimum absolute atomic E-state index is 0.509. The third-order valence-corrected chi connectivity index (χ3v) is 2.07. The summed E-state index contributed by atoms with van der Waals surface area (Å²) in [6.45, 7) is 0. The van der Waals surface area contributed by atoms with E-state index < -0.39 is 5.97 Å². The molecule has 4 N–H and O–H groups in total. The number of hydrogen-bond acceptors (Lipinski definition) is 3. The Morgan fingerprint density at radius 3 is 2.94 bits per heavy atom. The average Bonchev–Trinajstić information content (AvgIpc) is 2.29. The van der Waals surface area contributed by atoms with Crippen LogP contribution in [0.4, 0.5) is 5.69 Å². The lowest BCUT2D eigenvalue weighted by Crippen LogP contribution is -2.76. The largest absolute Gasteiger partial charge is 0.478 e. The minimum atomic E-state index is -1.04. The van der Waals surface area contributed by atoms with Crippen molar-refractivity contribution in [1.82, 2.24) is 0 Å². The number of carboxylic acids is 1. The van der Waals surface area contributed by atoms with Gasteiger partial charge >= 0.3 is 5.97 Å². The van der Waals surface area contributed by atoms with Crippen molar-refractivity contribution in [3.8, 4) is 0 Å². The molecule has 0 aromatic heterocycles. The van der Waals surface area contributed by atoms with Crippen LogP contribution in [0.15, 0.2) is 34.6 Å². The highest BCUT2D eigenvalue weighted by Crippen LogP contribution is 2.18. The Hall–Kier alpha value is -2.05. The fraction of sp³-hybridized carbons (Fsp3) is 0. The molecule has 88 valence electrons. The van der Waals surface area contributed by atoms with Gasteiger partial charge in [0.05, 0.1) is 0 Å². The summed E-state index contributed by atoms with van der Waals surface area (Å²) in [5.74, 6) is -1.04. The molecule has 0 heterocycles. The molecule has 0 saturated carbocycles. The van der Waals surface area contributed by atoms with Crippen molar-refractivity contribution in [3.05, 3.63) is 34.9 Å². The molecule has 17 heavy (non-hydrogen) atoms. The Morgan fingerprint density at radius 2 is 2.29 bits per heavy atom. The molecule has 1 aromatic carbocycles. The number of nitrogens with two attached hydrogens (primary N) is 1. The Morgan fingerprint density at radius 1 is 1.53 bits per heavy atom. The molecular weight excluding hydrogens is 244 g/mol. The molecule has 0 aliphatic carbocycles. The van der Waals surface area contributed by atoms with Gasteiger partial charge in [0.2, 0.25) is 6.34 Å². The quantitative estimate of drug-likeness (QED) is 0.185. The molecule has 0 amide bonds. The maximum Gasteiger partial charge on any atom is 0.328 e. The number of quaternary nitrogens is 1. The average molecular weight is 254 g/mol. The predicted molar refractivity (Wildman–Crippen MR) is 63.3 cm³/mol. The van der Waals surface area contributed by atoms with Gasteiger partial charge in [-0.05, 0) is 23.4 Å². The number of nitrogens with zero attached hydrogens (tertiary/aromatic N) is 2. The smallest absolute Gasteiger partial charge is 0.328 e. The second-order valence-corrected chi connectivity index (χ2v) is 3.41. The second kappa shape index (κ2) is 6.51. The summed E-state index contributed by atoms with van der Waals surface area (Å²) in [6.07, 6.45) is 3.80. The minimum Gasteiger partial charge on any atom is -0.478 e. The molecule has 7 heteroatoms. The lowest BCUT2D eigenvalue weighted by molar-refractivity contribution is -0.433. The number of rotatable bonds is 5. The lowest BCUT2D eigenvalue weighted by Gasteiger charge is -2.00. The topological polar surface area (TPSA) is 102 Å². The molecule has 1 rings (SSSR count). The number of aliphatic carboxylic acids is 1. The molecule has 0 radical (unpaired) electrons. The van der Waals surface area contributed by atoms with Crippen molar-refractivity contribution in [2.24, 2.45) is 10.3 Å².